The van der Waals surface area contributed by atoms with Crippen LogP contribution in [-0.2, 0) is 0 Å². The molecule has 6 heteroatoms. The van der Waals surface area contributed by atoms with E-state index in [1.807, 2.05) is 0 Å². The SMILES string of the molecule is O=C(Nc1cccc(F)c1)c1ncc(-c2ccc(O)cc2)o1. The maximum absolute atomic E-state index is 13.1. The second-order valence-electron chi connectivity index (χ2n) is 4.54. The van der Waals surface area contributed by atoms with Crippen LogP contribution in [0.1, 0.15) is 10.7 Å². The highest BCUT2D eigenvalue weighted by molar-refractivity contribution is 6.01. The number of benzene rings is 2. The number of amides is 1. The summed E-state index contributed by atoms with van der Waals surface area (Å²) >= 11 is 0. The fraction of sp³-hybridized carbons (Fsp3) is 0. The molecule has 0 aliphatic rings. The molecule has 0 unspecified atom stereocenters. The molecule has 3 rings (SSSR count). The summed E-state index contributed by atoms with van der Waals surface area (Å²) in [5, 5.41) is 11.7. The van der Waals surface area contributed by atoms with Crippen molar-refractivity contribution in [3.63, 3.8) is 0 Å². The first-order chi connectivity index (χ1) is 10.6. The van der Waals surface area contributed by atoms with E-state index < -0.39 is 11.7 Å². The van der Waals surface area contributed by atoms with Crippen LogP contribution in [0.2, 0.25) is 0 Å². The van der Waals surface area contributed by atoms with E-state index in [2.05, 4.69) is 10.3 Å². The third-order valence-electron chi connectivity index (χ3n) is 2.93. The molecule has 0 radical (unpaired) electrons. The number of aromatic hydroxyl groups is 1. The van der Waals surface area contributed by atoms with Crippen molar-refractivity contribution in [2.45, 2.75) is 0 Å². The minimum absolute atomic E-state index is 0.132. The summed E-state index contributed by atoms with van der Waals surface area (Å²) in [5.74, 6) is -0.630. The largest absolute Gasteiger partial charge is 0.508 e. The summed E-state index contributed by atoms with van der Waals surface area (Å²) in [6, 6.07) is 11.8. The molecule has 0 saturated heterocycles. The first kappa shape index (κ1) is 13.8. The number of halogens is 1. The van der Waals surface area contributed by atoms with Crippen LogP contribution >= 0.6 is 0 Å². The molecule has 110 valence electrons. The lowest BCUT2D eigenvalue weighted by molar-refractivity contribution is 0.0991. The number of phenols is 1. The van der Waals surface area contributed by atoms with Crippen LogP contribution in [0.25, 0.3) is 11.3 Å². The number of nitrogens with one attached hydrogen (secondary N) is 1. The number of carbonyl (C=O) groups is 1. The Morgan fingerprint density at radius 3 is 2.68 bits per heavy atom. The Labute approximate surface area is 125 Å². The first-order valence-electron chi connectivity index (χ1n) is 6.44. The van der Waals surface area contributed by atoms with E-state index in [1.54, 1.807) is 18.2 Å². The van der Waals surface area contributed by atoms with Gasteiger partial charge in [0.1, 0.15) is 11.6 Å². The van der Waals surface area contributed by atoms with Crippen LogP contribution in [-0.4, -0.2) is 16.0 Å². The van der Waals surface area contributed by atoms with Gasteiger partial charge in [0.15, 0.2) is 5.76 Å². The van der Waals surface area contributed by atoms with Gasteiger partial charge in [-0.3, -0.25) is 4.79 Å². The molecule has 0 spiro atoms. The molecule has 1 aromatic heterocycles. The van der Waals surface area contributed by atoms with E-state index in [4.69, 9.17) is 4.42 Å². The van der Waals surface area contributed by atoms with Crippen LogP contribution in [0.15, 0.2) is 59.1 Å². The normalized spacial score (nSPS) is 10.4. The van der Waals surface area contributed by atoms with Crippen molar-refractivity contribution in [2.24, 2.45) is 0 Å². The summed E-state index contributed by atoms with van der Waals surface area (Å²) in [4.78, 5) is 15.9. The minimum atomic E-state index is -0.573. The van der Waals surface area contributed by atoms with Gasteiger partial charge in [0, 0.05) is 11.3 Å². The highest BCUT2D eigenvalue weighted by atomic mass is 19.1. The van der Waals surface area contributed by atoms with E-state index in [1.165, 1.54) is 36.5 Å². The van der Waals surface area contributed by atoms with Crippen molar-refractivity contribution < 1.29 is 18.7 Å². The van der Waals surface area contributed by atoms with Gasteiger partial charge in [-0.15, -0.1) is 0 Å². The highest BCUT2D eigenvalue weighted by Crippen LogP contribution is 2.23. The number of carbonyl (C=O) groups excluding carboxylic acids is 1. The molecule has 0 fully saturated rings. The standard InChI is InChI=1S/C16H11FN2O3/c17-11-2-1-3-12(8-11)19-15(21)16-18-9-14(22-16)10-4-6-13(20)7-5-10/h1-9,20H,(H,19,21). The third-order valence-corrected chi connectivity index (χ3v) is 2.93. The lowest BCUT2D eigenvalue weighted by atomic mass is 10.2. The number of nitrogens with zero attached hydrogens (tertiary/aromatic N) is 1. The second-order valence-corrected chi connectivity index (χ2v) is 4.54. The van der Waals surface area contributed by atoms with E-state index in [0.29, 0.717) is 17.0 Å². The van der Waals surface area contributed by atoms with E-state index in [0.717, 1.165) is 0 Å². The van der Waals surface area contributed by atoms with Crippen LogP contribution < -0.4 is 5.32 Å². The first-order valence-corrected chi connectivity index (χ1v) is 6.44. The van der Waals surface area contributed by atoms with Crippen molar-refractivity contribution in [1.29, 1.82) is 0 Å². The number of hydrogen-bond donors (Lipinski definition) is 2. The molecule has 2 aromatic carbocycles. The number of aromatic nitrogens is 1. The third kappa shape index (κ3) is 2.95. The Hall–Kier alpha value is -3.15. The summed E-state index contributed by atoms with van der Waals surface area (Å²) in [6.45, 7) is 0. The fourth-order valence-corrected chi connectivity index (χ4v) is 1.89. The van der Waals surface area contributed by atoms with Gasteiger partial charge in [0.05, 0.1) is 6.20 Å². The highest BCUT2D eigenvalue weighted by Gasteiger charge is 2.14. The van der Waals surface area contributed by atoms with E-state index >= 15 is 0 Å². The predicted octanol–water partition coefficient (Wildman–Crippen LogP) is 3.44. The summed E-state index contributed by atoms with van der Waals surface area (Å²) < 4.78 is 18.4. The lowest BCUT2D eigenvalue weighted by Gasteiger charge is -2.02. The monoisotopic (exact) mass is 298 g/mol. The van der Waals surface area contributed by atoms with Gasteiger partial charge >= 0.3 is 5.91 Å². The molecule has 5 nitrogen and oxygen atoms in total. The average molecular weight is 298 g/mol. The number of rotatable bonds is 3. The molecule has 0 aliphatic heterocycles. The van der Waals surface area contributed by atoms with Gasteiger partial charge in [-0.05, 0) is 42.5 Å². The fourth-order valence-electron chi connectivity index (χ4n) is 1.89. The Kier molecular flexibility index (Phi) is 3.57. The van der Waals surface area contributed by atoms with Gasteiger partial charge in [-0.25, -0.2) is 9.37 Å². The zero-order valence-corrected chi connectivity index (χ0v) is 11.3. The summed E-state index contributed by atoms with van der Waals surface area (Å²) in [6.07, 6.45) is 1.41. The van der Waals surface area contributed by atoms with Crippen molar-refractivity contribution in [1.82, 2.24) is 4.98 Å². The predicted molar refractivity (Wildman–Crippen MR) is 78.0 cm³/mol. The molecule has 3 aromatic rings. The minimum Gasteiger partial charge on any atom is -0.508 e. The molecule has 0 bridgehead atoms. The van der Waals surface area contributed by atoms with Gasteiger partial charge < -0.3 is 14.8 Å². The zero-order valence-electron chi connectivity index (χ0n) is 11.3. The molecular formula is C16H11FN2O3. The van der Waals surface area contributed by atoms with Crippen molar-refractivity contribution >= 4 is 11.6 Å². The van der Waals surface area contributed by atoms with Crippen molar-refractivity contribution in [3.8, 4) is 17.1 Å². The number of oxazole rings is 1. The number of hydrogen-bond acceptors (Lipinski definition) is 4. The molecular weight excluding hydrogens is 287 g/mol. The Balaban J connectivity index is 1.78. The summed E-state index contributed by atoms with van der Waals surface area (Å²) in [5.41, 5.74) is 0.990. The Morgan fingerprint density at radius 1 is 1.18 bits per heavy atom. The van der Waals surface area contributed by atoms with Crippen molar-refractivity contribution in [2.75, 3.05) is 5.32 Å². The van der Waals surface area contributed by atoms with Gasteiger partial charge in [0.25, 0.3) is 5.89 Å². The van der Waals surface area contributed by atoms with Gasteiger partial charge in [-0.1, -0.05) is 6.07 Å². The Morgan fingerprint density at radius 2 is 1.95 bits per heavy atom. The van der Waals surface area contributed by atoms with Crippen LogP contribution in [0.4, 0.5) is 10.1 Å². The molecule has 0 atom stereocenters. The number of anilines is 1. The molecule has 22 heavy (non-hydrogen) atoms. The van der Waals surface area contributed by atoms with E-state index in [9.17, 15) is 14.3 Å². The molecule has 2 N–H and O–H groups in total. The van der Waals surface area contributed by atoms with E-state index in [-0.39, 0.29) is 11.6 Å². The van der Waals surface area contributed by atoms with Gasteiger partial charge in [0.2, 0.25) is 0 Å². The maximum atomic E-state index is 13.1. The van der Waals surface area contributed by atoms with Crippen molar-refractivity contribution in [3.05, 3.63) is 66.4 Å². The van der Waals surface area contributed by atoms with Crippen LogP contribution in [0.3, 0.4) is 0 Å². The quantitative estimate of drug-likeness (QED) is 0.776. The summed E-state index contributed by atoms with van der Waals surface area (Å²) in [7, 11) is 0. The Bertz CT molecular complexity index is 812. The maximum Gasteiger partial charge on any atom is 0.311 e. The van der Waals surface area contributed by atoms with Gasteiger partial charge in [-0.2, -0.15) is 0 Å². The average Bonchev–Trinajstić information content (AvgIpc) is 2.98. The number of phenolic OH excluding ortho intramolecular Hbond substituents is 1. The zero-order chi connectivity index (χ0) is 15.5. The molecule has 0 aliphatic carbocycles. The molecule has 1 heterocycles. The molecule has 1 amide bonds. The molecule has 0 saturated carbocycles. The smallest absolute Gasteiger partial charge is 0.311 e. The van der Waals surface area contributed by atoms with Crippen LogP contribution in [0.5, 0.6) is 5.75 Å². The second kappa shape index (κ2) is 5.69. The van der Waals surface area contributed by atoms with Crippen LogP contribution in [0, 0.1) is 5.82 Å². The topological polar surface area (TPSA) is 75.4 Å². The lowest BCUT2D eigenvalue weighted by Crippen LogP contribution is -2.12.